The van der Waals surface area contributed by atoms with Crippen molar-refractivity contribution in [3.63, 3.8) is 0 Å². The Morgan fingerprint density at radius 1 is 1.38 bits per heavy atom. The highest BCUT2D eigenvalue weighted by Gasteiger charge is 2.07. The molecule has 0 bridgehead atoms. The molecule has 0 fully saturated rings. The Morgan fingerprint density at radius 2 is 2.10 bits per heavy atom. The van der Waals surface area contributed by atoms with Gasteiger partial charge in [0.1, 0.15) is 5.82 Å². The number of rotatable bonds is 8. The maximum atomic E-state index is 13.0. The first-order valence-electron chi connectivity index (χ1n) is 7.08. The fraction of sp³-hybridized carbons (Fsp3) is 0.533. The fourth-order valence-corrected chi connectivity index (χ4v) is 3.11. The second-order valence-electron chi connectivity index (χ2n) is 5.42. The molecule has 6 heteroatoms. The van der Waals surface area contributed by atoms with E-state index in [1.165, 1.54) is 18.2 Å². The smallest absolute Gasteiger partial charge is 0.224 e. The summed E-state index contributed by atoms with van der Waals surface area (Å²) < 4.78 is 24.7. The topological polar surface area (TPSA) is 72.2 Å². The zero-order chi connectivity index (χ0) is 15.8. The SMILES string of the molecule is CC(C)CCS(=O)CCCC(=O)Nc1ccc(F)c(N)c1. The summed E-state index contributed by atoms with van der Waals surface area (Å²) in [7, 11) is -0.860. The van der Waals surface area contributed by atoms with E-state index in [2.05, 4.69) is 19.2 Å². The molecule has 0 aliphatic rings. The Morgan fingerprint density at radius 3 is 2.71 bits per heavy atom. The number of hydrogen-bond donors (Lipinski definition) is 2. The lowest BCUT2D eigenvalue weighted by atomic mass is 10.2. The second kappa shape index (κ2) is 8.77. The largest absolute Gasteiger partial charge is 0.396 e. The van der Waals surface area contributed by atoms with E-state index in [0.717, 1.165) is 6.42 Å². The minimum absolute atomic E-state index is 0.00240. The van der Waals surface area contributed by atoms with Crippen LogP contribution in [0.4, 0.5) is 15.8 Å². The molecule has 0 spiro atoms. The Labute approximate surface area is 127 Å². The van der Waals surface area contributed by atoms with Crippen molar-refractivity contribution in [3.8, 4) is 0 Å². The molecule has 1 aromatic rings. The molecule has 118 valence electrons. The molecule has 0 saturated heterocycles. The average Bonchev–Trinajstić information content (AvgIpc) is 2.40. The van der Waals surface area contributed by atoms with Crippen LogP contribution in [0.15, 0.2) is 18.2 Å². The normalized spacial score (nSPS) is 12.4. The van der Waals surface area contributed by atoms with Crippen LogP contribution in [0.1, 0.15) is 33.1 Å². The molecular formula is C15H23FN2O2S. The van der Waals surface area contributed by atoms with E-state index in [1.54, 1.807) is 0 Å². The molecule has 3 N–H and O–H groups in total. The second-order valence-corrected chi connectivity index (χ2v) is 7.11. The summed E-state index contributed by atoms with van der Waals surface area (Å²) in [5.74, 6) is 1.08. The predicted molar refractivity (Wildman–Crippen MR) is 86.0 cm³/mol. The molecule has 0 aliphatic carbocycles. The summed E-state index contributed by atoms with van der Waals surface area (Å²) in [6.45, 7) is 4.19. The molecule has 1 rings (SSSR count). The van der Waals surface area contributed by atoms with Crippen molar-refractivity contribution in [1.29, 1.82) is 0 Å². The van der Waals surface area contributed by atoms with Gasteiger partial charge >= 0.3 is 0 Å². The summed E-state index contributed by atoms with van der Waals surface area (Å²) in [6, 6.07) is 4.06. The molecule has 1 amide bonds. The van der Waals surface area contributed by atoms with Gasteiger partial charge in [-0.25, -0.2) is 4.39 Å². The van der Waals surface area contributed by atoms with Crippen LogP contribution in [-0.2, 0) is 15.6 Å². The number of nitrogen functional groups attached to an aromatic ring is 1. The highest BCUT2D eigenvalue weighted by molar-refractivity contribution is 7.84. The molecular weight excluding hydrogens is 291 g/mol. The minimum atomic E-state index is -0.860. The van der Waals surface area contributed by atoms with Gasteiger partial charge in [-0.1, -0.05) is 13.8 Å². The van der Waals surface area contributed by atoms with Gasteiger partial charge < -0.3 is 11.1 Å². The van der Waals surface area contributed by atoms with Crippen molar-refractivity contribution in [2.45, 2.75) is 33.1 Å². The van der Waals surface area contributed by atoms with Crippen LogP contribution in [0.25, 0.3) is 0 Å². The zero-order valence-electron chi connectivity index (χ0n) is 12.5. The Hall–Kier alpha value is -1.43. The number of nitrogens with two attached hydrogens (primary N) is 1. The summed E-state index contributed by atoms with van der Waals surface area (Å²) in [5, 5.41) is 2.65. The highest BCUT2D eigenvalue weighted by atomic mass is 32.2. The molecule has 1 unspecified atom stereocenters. The third-order valence-corrected chi connectivity index (χ3v) is 4.41. The van der Waals surface area contributed by atoms with Crippen molar-refractivity contribution < 1.29 is 13.4 Å². The standard InChI is InChI=1S/C15H23FN2O2S/c1-11(2)7-9-21(20)8-3-4-15(19)18-12-5-6-13(16)14(17)10-12/h5-6,10-11H,3-4,7-9,17H2,1-2H3,(H,18,19). The number of hydrogen-bond acceptors (Lipinski definition) is 3. The van der Waals surface area contributed by atoms with Crippen molar-refractivity contribution in [1.82, 2.24) is 0 Å². The molecule has 0 heterocycles. The van der Waals surface area contributed by atoms with E-state index in [1.807, 2.05) is 0 Å². The van der Waals surface area contributed by atoms with Crippen molar-refractivity contribution in [2.75, 3.05) is 22.6 Å². The molecule has 1 atom stereocenters. The van der Waals surface area contributed by atoms with Gasteiger partial charge in [0.05, 0.1) is 5.69 Å². The Bertz CT molecular complexity index is 506. The van der Waals surface area contributed by atoms with Crippen LogP contribution < -0.4 is 11.1 Å². The predicted octanol–water partition coefficient (Wildman–Crippen LogP) is 2.92. The van der Waals surface area contributed by atoms with Crippen LogP contribution in [0, 0.1) is 11.7 Å². The quantitative estimate of drug-likeness (QED) is 0.725. The van der Waals surface area contributed by atoms with Crippen LogP contribution in [0.3, 0.4) is 0 Å². The molecule has 0 aromatic heterocycles. The van der Waals surface area contributed by atoms with E-state index < -0.39 is 16.6 Å². The van der Waals surface area contributed by atoms with Gasteiger partial charge in [-0.15, -0.1) is 0 Å². The van der Waals surface area contributed by atoms with E-state index in [9.17, 15) is 13.4 Å². The lowest BCUT2D eigenvalue weighted by molar-refractivity contribution is -0.116. The number of anilines is 2. The third kappa shape index (κ3) is 7.22. The molecule has 4 nitrogen and oxygen atoms in total. The maximum Gasteiger partial charge on any atom is 0.224 e. The van der Waals surface area contributed by atoms with Gasteiger partial charge in [0.15, 0.2) is 0 Å². The van der Waals surface area contributed by atoms with Crippen LogP contribution in [-0.4, -0.2) is 21.6 Å². The van der Waals surface area contributed by atoms with Gasteiger partial charge in [0.25, 0.3) is 0 Å². The lowest BCUT2D eigenvalue weighted by Gasteiger charge is -2.07. The summed E-state index contributed by atoms with van der Waals surface area (Å²) in [5.41, 5.74) is 5.90. The number of benzene rings is 1. The van der Waals surface area contributed by atoms with Gasteiger partial charge in [-0.3, -0.25) is 9.00 Å². The van der Waals surface area contributed by atoms with Crippen LogP contribution in [0.5, 0.6) is 0 Å². The van der Waals surface area contributed by atoms with Crippen molar-refractivity contribution >= 4 is 28.1 Å². The summed E-state index contributed by atoms with van der Waals surface area (Å²) >= 11 is 0. The third-order valence-electron chi connectivity index (χ3n) is 2.98. The molecule has 0 radical (unpaired) electrons. The monoisotopic (exact) mass is 314 g/mol. The first-order chi connectivity index (χ1) is 9.88. The lowest BCUT2D eigenvalue weighted by Crippen LogP contribution is -2.13. The summed E-state index contributed by atoms with van der Waals surface area (Å²) in [4.78, 5) is 11.7. The number of carbonyl (C=O) groups excluding carboxylic acids is 1. The summed E-state index contributed by atoms with van der Waals surface area (Å²) in [6.07, 6.45) is 1.81. The number of carbonyl (C=O) groups is 1. The fourth-order valence-electron chi connectivity index (χ4n) is 1.71. The zero-order valence-corrected chi connectivity index (χ0v) is 13.3. The minimum Gasteiger partial charge on any atom is -0.396 e. The van der Waals surface area contributed by atoms with Crippen molar-refractivity contribution in [2.24, 2.45) is 5.92 Å². The van der Waals surface area contributed by atoms with Crippen molar-refractivity contribution in [3.05, 3.63) is 24.0 Å². The van der Waals surface area contributed by atoms with E-state index >= 15 is 0 Å². The number of amides is 1. The van der Waals surface area contributed by atoms with E-state index in [4.69, 9.17) is 5.73 Å². The average molecular weight is 314 g/mol. The molecule has 0 aliphatic heterocycles. The molecule has 0 saturated carbocycles. The number of nitrogens with one attached hydrogen (secondary N) is 1. The molecule has 1 aromatic carbocycles. The Balaban J connectivity index is 2.28. The maximum absolute atomic E-state index is 13.0. The van der Waals surface area contributed by atoms with Gasteiger partial charge in [-0.2, -0.15) is 0 Å². The van der Waals surface area contributed by atoms with E-state index in [0.29, 0.717) is 36.0 Å². The first kappa shape index (κ1) is 17.6. The van der Waals surface area contributed by atoms with Gasteiger partial charge in [0.2, 0.25) is 5.91 Å². The van der Waals surface area contributed by atoms with E-state index in [-0.39, 0.29) is 11.6 Å². The molecule has 21 heavy (non-hydrogen) atoms. The van der Waals surface area contributed by atoms with Gasteiger partial charge in [-0.05, 0) is 37.0 Å². The van der Waals surface area contributed by atoms with Gasteiger partial charge in [0, 0.05) is 34.4 Å². The highest BCUT2D eigenvalue weighted by Crippen LogP contribution is 2.16. The van der Waals surface area contributed by atoms with Crippen LogP contribution >= 0.6 is 0 Å². The van der Waals surface area contributed by atoms with Crippen LogP contribution in [0.2, 0.25) is 0 Å². The Kier molecular flexibility index (Phi) is 7.36. The first-order valence-corrected chi connectivity index (χ1v) is 8.57. The number of halogens is 1.